The molecule has 1 unspecified atom stereocenters. The number of nitrogens with zero attached hydrogens (tertiary/aromatic N) is 1. The van der Waals surface area contributed by atoms with E-state index in [-0.39, 0.29) is 0 Å². The van der Waals surface area contributed by atoms with E-state index >= 15 is 0 Å². The molecule has 10 heavy (non-hydrogen) atoms. The van der Waals surface area contributed by atoms with Crippen molar-refractivity contribution in [3.05, 3.63) is 0 Å². The molecule has 0 rings (SSSR count). The van der Waals surface area contributed by atoms with Gasteiger partial charge in [0.05, 0.1) is 4.62 Å². The first-order valence-corrected chi connectivity index (χ1v) is 4.60. The van der Waals surface area contributed by atoms with Crippen molar-refractivity contribution in [2.75, 3.05) is 0 Å². The van der Waals surface area contributed by atoms with Crippen molar-refractivity contribution in [3.8, 4) is 0 Å². The van der Waals surface area contributed by atoms with E-state index in [9.17, 15) is 0 Å². The van der Waals surface area contributed by atoms with Gasteiger partial charge in [-0.25, -0.2) is 0 Å². The Morgan fingerprint density at radius 1 is 1.40 bits per heavy atom. The Morgan fingerprint density at radius 2 is 1.90 bits per heavy atom. The van der Waals surface area contributed by atoms with Crippen molar-refractivity contribution in [1.82, 2.24) is 0 Å². The minimum atomic E-state index is 0.455. The smallest absolute Gasteiger partial charge is 0.0802 e. The fraction of sp³-hybridized carbons (Fsp3) is 0.875. The van der Waals surface area contributed by atoms with Crippen molar-refractivity contribution >= 4 is 20.6 Å². The van der Waals surface area contributed by atoms with E-state index in [2.05, 4.69) is 48.6 Å². The standard InChI is InChI=1S/C8H16BrN/c1-5-7(4)10-8(9)6(2)3/h6-7H,5H2,1-4H3/b10-8+. The lowest BCUT2D eigenvalue weighted by atomic mass is 10.2. The zero-order chi connectivity index (χ0) is 8.15. The highest BCUT2D eigenvalue weighted by molar-refractivity contribution is 9.18. The number of aliphatic imine (C=N–C) groups is 1. The molecule has 1 atom stereocenters. The average molecular weight is 206 g/mol. The first-order valence-electron chi connectivity index (χ1n) is 3.81. The van der Waals surface area contributed by atoms with Gasteiger partial charge in [-0.15, -0.1) is 0 Å². The molecule has 0 saturated heterocycles. The summed E-state index contributed by atoms with van der Waals surface area (Å²) < 4.78 is 1.09. The van der Waals surface area contributed by atoms with E-state index in [1.165, 1.54) is 0 Å². The molecule has 60 valence electrons. The van der Waals surface area contributed by atoms with Crippen LogP contribution in [0.5, 0.6) is 0 Å². The fourth-order valence-corrected chi connectivity index (χ4v) is 0.800. The summed E-state index contributed by atoms with van der Waals surface area (Å²) in [6, 6.07) is 0.455. The first-order chi connectivity index (χ1) is 4.57. The molecule has 0 N–H and O–H groups in total. The maximum absolute atomic E-state index is 4.43. The highest BCUT2D eigenvalue weighted by Crippen LogP contribution is 2.07. The second kappa shape index (κ2) is 4.89. The van der Waals surface area contributed by atoms with Crippen LogP contribution in [-0.4, -0.2) is 10.7 Å². The van der Waals surface area contributed by atoms with Gasteiger partial charge in [-0.3, -0.25) is 4.99 Å². The molecule has 0 saturated carbocycles. The van der Waals surface area contributed by atoms with Crippen molar-refractivity contribution in [3.63, 3.8) is 0 Å². The molecule has 0 bridgehead atoms. The second-order valence-electron chi connectivity index (χ2n) is 2.86. The Bertz CT molecular complexity index is 118. The van der Waals surface area contributed by atoms with Crippen LogP contribution in [0.2, 0.25) is 0 Å². The van der Waals surface area contributed by atoms with Crippen LogP contribution in [0.1, 0.15) is 34.1 Å². The molecule has 0 aliphatic heterocycles. The maximum Gasteiger partial charge on any atom is 0.0802 e. The Balaban J connectivity index is 3.89. The largest absolute Gasteiger partial charge is 0.279 e. The quantitative estimate of drug-likeness (QED) is 0.628. The summed E-state index contributed by atoms with van der Waals surface area (Å²) in [7, 11) is 0. The van der Waals surface area contributed by atoms with Gasteiger partial charge in [0, 0.05) is 12.0 Å². The van der Waals surface area contributed by atoms with Gasteiger partial charge in [0.1, 0.15) is 0 Å². The third kappa shape index (κ3) is 4.04. The molecular formula is C8H16BrN. The summed E-state index contributed by atoms with van der Waals surface area (Å²) in [4.78, 5) is 4.43. The van der Waals surface area contributed by atoms with Crippen LogP contribution in [0.4, 0.5) is 0 Å². The van der Waals surface area contributed by atoms with E-state index in [1.807, 2.05) is 0 Å². The van der Waals surface area contributed by atoms with Gasteiger partial charge in [0.2, 0.25) is 0 Å². The van der Waals surface area contributed by atoms with E-state index in [0.717, 1.165) is 11.0 Å². The minimum Gasteiger partial charge on any atom is -0.279 e. The Kier molecular flexibility index (Phi) is 4.96. The lowest BCUT2D eigenvalue weighted by molar-refractivity contribution is 0.710. The van der Waals surface area contributed by atoms with E-state index in [4.69, 9.17) is 0 Å². The predicted octanol–water partition coefficient (Wildman–Crippen LogP) is 3.23. The highest BCUT2D eigenvalue weighted by Gasteiger charge is 2.01. The van der Waals surface area contributed by atoms with Crippen LogP contribution in [-0.2, 0) is 0 Å². The van der Waals surface area contributed by atoms with Crippen molar-refractivity contribution in [2.24, 2.45) is 10.9 Å². The molecule has 0 aliphatic rings. The molecule has 0 aliphatic carbocycles. The Morgan fingerprint density at radius 3 is 2.20 bits per heavy atom. The SMILES string of the molecule is CCC(C)/N=C(/Br)C(C)C. The molecule has 0 aromatic rings. The van der Waals surface area contributed by atoms with Crippen LogP contribution >= 0.6 is 15.9 Å². The van der Waals surface area contributed by atoms with Crippen LogP contribution in [0.3, 0.4) is 0 Å². The third-order valence-corrected chi connectivity index (χ3v) is 2.53. The van der Waals surface area contributed by atoms with Gasteiger partial charge < -0.3 is 0 Å². The summed E-state index contributed by atoms with van der Waals surface area (Å²) in [6.45, 7) is 8.55. The summed E-state index contributed by atoms with van der Waals surface area (Å²) in [5.74, 6) is 0.522. The predicted molar refractivity (Wildman–Crippen MR) is 51.0 cm³/mol. The van der Waals surface area contributed by atoms with Gasteiger partial charge in [-0.2, -0.15) is 0 Å². The lowest BCUT2D eigenvalue weighted by Gasteiger charge is -2.05. The minimum absolute atomic E-state index is 0.455. The Hall–Kier alpha value is 0.150. The summed E-state index contributed by atoms with van der Waals surface area (Å²) in [5.41, 5.74) is 0. The van der Waals surface area contributed by atoms with Crippen LogP contribution in [0, 0.1) is 5.92 Å². The average Bonchev–Trinajstić information content (AvgIpc) is 1.87. The van der Waals surface area contributed by atoms with E-state index < -0.39 is 0 Å². The molecule has 0 radical (unpaired) electrons. The monoisotopic (exact) mass is 205 g/mol. The first kappa shape index (κ1) is 10.2. The van der Waals surface area contributed by atoms with E-state index in [0.29, 0.717) is 12.0 Å². The van der Waals surface area contributed by atoms with Crippen molar-refractivity contribution in [1.29, 1.82) is 0 Å². The lowest BCUT2D eigenvalue weighted by Crippen LogP contribution is -2.04. The van der Waals surface area contributed by atoms with Crippen molar-refractivity contribution in [2.45, 2.75) is 40.2 Å². The zero-order valence-electron chi connectivity index (χ0n) is 7.19. The summed E-state index contributed by atoms with van der Waals surface area (Å²) >= 11 is 3.43. The van der Waals surface area contributed by atoms with Gasteiger partial charge >= 0.3 is 0 Å². The molecule has 0 amide bonds. The fourth-order valence-electron chi connectivity index (χ4n) is 0.451. The van der Waals surface area contributed by atoms with Crippen LogP contribution in [0.15, 0.2) is 4.99 Å². The number of hydrogen-bond donors (Lipinski definition) is 0. The summed E-state index contributed by atoms with van der Waals surface area (Å²) in [6.07, 6.45) is 1.11. The molecule has 2 heteroatoms. The number of hydrogen-bond acceptors (Lipinski definition) is 1. The summed E-state index contributed by atoms with van der Waals surface area (Å²) in [5, 5.41) is 0. The molecule has 0 aromatic carbocycles. The van der Waals surface area contributed by atoms with Crippen LogP contribution < -0.4 is 0 Å². The van der Waals surface area contributed by atoms with E-state index in [1.54, 1.807) is 0 Å². The third-order valence-electron chi connectivity index (χ3n) is 1.41. The highest BCUT2D eigenvalue weighted by atomic mass is 79.9. The topological polar surface area (TPSA) is 12.4 Å². The van der Waals surface area contributed by atoms with Gasteiger partial charge in [0.25, 0.3) is 0 Å². The molecule has 0 aromatic heterocycles. The Labute approximate surface area is 72.1 Å². The second-order valence-corrected chi connectivity index (χ2v) is 3.68. The molecule has 0 heterocycles. The van der Waals surface area contributed by atoms with Crippen LogP contribution in [0.25, 0.3) is 0 Å². The molecule has 0 fully saturated rings. The molecule has 1 nitrogen and oxygen atoms in total. The number of rotatable bonds is 3. The normalized spacial score (nSPS) is 16.0. The maximum atomic E-state index is 4.43. The van der Waals surface area contributed by atoms with Gasteiger partial charge in [0.15, 0.2) is 0 Å². The van der Waals surface area contributed by atoms with Gasteiger partial charge in [-0.05, 0) is 29.3 Å². The number of halogens is 1. The molecular weight excluding hydrogens is 190 g/mol. The zero-order valence-corrected chi connectivity index (χ0v) is 8.77. The van der Waals surface area contributed by atoms with Gasteiger partial charge in [-0.1, -0.05) is 20.8 Å². The van der Waals surface area contributed by atoms with Crippen molar-refractivity contribution < 1.29 is 0 Å². The molecule has 0 spiro atoms.